The highest BCUT2D eigenvalue weighted by molar-refractivity contribution is 7.92. The Morgan fingerprint density at radius 3 is 2.36 bits per heavy atom. The Bertz CT molecular complexity index is 916. The molecule has 0 unspecified atom stereocenters. The molecule has 2 rings (SSSR count). The molecule has 6 nitrogen and oxygen atoms in total. The fraction of sp³-hybridized carbons (Fsp3) is 0.350. The normalized spacial score (nSPS) is 13.5. The van der Waals surface area contributed by atoms with E-state index in [-0.39, 0.29) is 11.9 Å². The third-order valence-electron chi connectivity index (χ3n) is 4.37. The predicted octanol–water partition coefficient (Wildman–Crippen LogP) is 3.77. The van der Waals surface area contributed by atoms with Crippen LogP contribution in [0, 0.1) is 0 Å². The van der Waals surface area contributed by atoms with E-state index in [1.807, 2.05) is 31.2 Å². The Balaban J connectivity index is 2.28. The number of hydrogen-bond donors (Lipinski definition) is 1. The van der Waals surface area contributed by atoms with Crippen molar-refractivity contribution in [2.75, 3.05) is 17.7 Å². The van der Waals surface area contributed by atoms with Crippen LogP contribution in [-0.4, -0.2) is 33.7 Å². The lowest BCUT2D eigenvalue weighted by Crippen LogP contribution is -2.49. The van der Waals surface area contributed by atoms with Crippen LogP contribution >= 0.6 is 11.6 Å². The van der Waals surface area contributed by atoms with Gasteiger partial charge in [0.1, 0.15) is 11.8 Å². The van der Waals surface area contributed by atoms with Crippen LogP contribution in [0.4, 0.5) is 5.69 Å². The Morgan fingerprint density at radius 2 is 1.86 bits per heavy atom. The molecule has 0 aliphatic heterocycles. The molecule has 0 saturated carbocycles. The highest BCUT2D eigenvalue weighted by Gasteiger charge is 2.32. The van der Waals surface area contributed by atoms with Crippen molar-refractivity contribution < 1.29 is 17.9 Å². The summed E-state index contributed by atoms with van der Waals surface area (Å²) in [6.45, 7) is 3.61. The molecule has 28 heavy (non-hydrogen) atoms. The van der Waals surface area contributed by atoms with Gasteiger partial charge in [-0.1, -0.05) is 36.7 Å². The van der Waals surface area contributed by atoms with Gasteiger partial charge in [-0.2, -0.15) is 0 Å². The fourth-order valence-electron chi connectivity index (χ4n) is 2.96. The maximum atomic E-state index is 13.0. The van der Waals surface area contributed by atoms with Crippen molar-refractivity contribution in [1.82, 2.24) is 5.32 Å². The number of halogens is 1. The summed E-state index contributed by atoms with van der Waals surface area (Å²) in [6.07, 6.45) is 1.39. The highest BCUT2D eigenvalue weighted by atomic mass is 35.5. The molecule has 2 aromatic rings. The lowest BCUT2D eigenvalue weighted by atomic mass is 10.1. The summed E-state index contributed by atoms with van der Waals surface area (Å²) >= 11 is 6.02. The maximum absolute atomic E-state index is 13.0. The smallest absolute Gasteiger partial charge is 0.244 e. The van der Waals surface area contributed by atoms with Crippen molar-refractivity contribution in [3.63, 3.8) is 0 Å². The molecule has 0 bridgehead atoms. The molecular weight excluding hydrogens is 400 g/mol. The molecule has 1 amide bonds. The minimum atomic E-state index is -3.70. The van der Waals surface area contributed by atoms with Gasteiger partial charge >= 0.3 is 0 Å². The Hall–Kier alpha value is -2.25. The SMILES string of the molecule is CC[C@@H](C(=O)N[C@@H](C)c1ccc(OC)cc1)N(c1cccc(Cl)c1)S(C)(=O)=O. The van der Waals surface area contributed by atoms with E-state index in [4.69, 9.17) is 16.3 Å². The van der Waals surface area contributed by atoms with Crippen LogP contribution < -0.4 is 14.4 Å². The van der Waals surface area contributed by atoms with E-state index in [9.17, 15) is 13.2 Å². The molecule has 1 N–H and O–H groups in total. The maximum Gasteiger partial charge on any atom is 0.244 e. The summed E-state index contributed by atoms with van der Waals surface area (Å²) in [7, 11) is -2.12. The number of methoxy groups -OCH3 is 1. The van der Waals surface area contributed by atoms with Crippen molar-refractivity contribution in [3.05, 3.63) is 59.1 Å². The Morgan fingerprint density at radius 1 is 1.21 bits per heavy atom. The quantitative estimate of drug-likeness (QED) is 0.699. The molecule has 8 heteroatoms. The number of ether oxygens (including phenoxy) is 1. The first-order chi connectivity index (χ1) is 13.2. The van der Waals surface area contributed by atoms with E-state index in [1.165, 1.54) is 6.07 Å². The van der Waals surface area contributed by atoms with Crippen molar-refractivity contribution in [2.24, 2.45) is 0 Å². The fourth-order valence-corrected chi connectivity index (χ4v) is 4.35. The third kappa shape index (κ3) is 5.39. The monoisotopic (exact) mass is 424 g/mol. The number of rotatable bonds is 8. The van der Waals surface area contributed by atoms with Crippen molar-refractivity contribution in [1.29, 1.82) is 0 Å². The van der Waals surface area contributed by atoms with E-state index in [1.54, 1.807) is 32.2 Å². The number of anilines is 1. The lowest BCUT2D eigenvalue weighted by Gasteiger charge is -2.31. The molecule has 2 aromatic carbocycles. The van der Waals surface area contributed by atoms with Crippen molar-refractivity contribution in [3.8, 4) is 5.75 Å². The van der Waals surface area contributed by atoms with Crippen molar-refractivity contribution >= 4 is 33.2 Å². The molecule has 0 spiro atoms. The molecule has 0 aromatic heterocycles. The number of sulfonamides is 1. The van der Waals surface area contributed by atoms with Gasteiger partial charge in [0.15, 0.2) is 0 Å². The first-order valence-electron chi connectivity index (χ1n) is 8.86. The average molecular weight is 425 g/mol. The molecule has 0 aliphatic carbocycles. The van der Waals surface area contributed by atoms with Gasteiger partial charge in [0, 0.05) is 5.02 Å². The van der Waals surface area contributed by atoms with Gasteiger partial charge in [-0.3, -0.25) is 9.10 Å². The van der Waals surface area contributed by atoms with Crippen LogP contribution in [-0.2, 0) is 14.8 Å². The molecule has 0 saturated heterocycles. The van der Waals surface area contributed by atoms with Crippen LogP contribution in [0.25, 0.3) is 0 Å². The zero-order valence-corrected chi connectivity index (χ0v) is 17.9. The first-order valence-corrected chi connectivity index (χ1v) is 11.1. The van der Waals surface area contributed by atoms with Gasteiger partial charge in [-0.15, -0.1) is 0 Å². The summed E-state index contributed by atoms with van der Waals surface area (Å²) in [5.41, 5.74) is 1.24. The molecule has 2 atom stereocenters. The Labute approximate surface area is 171 Å². The molecule has 0 heterocycles. The van der Waals surface area contributed by atoms with Gasteiger partial charge in [0.25, 0.3) is 0 Å². The summed E-state index contributed by atoms with van der Waals surface area (Å²) in [5.74, 6) is 0.342. The number of amides is 1. The van der Waals surface area contributed by atoms with Crippen LogP contribution in [0.15, 0.2) is 48.5 Å². The highest BCUT2D eigenvalue weighted by Crippen LogP contribution is 2.26. The molecule has 0 radical (unpaired) electrons. The predicted molar refractivity (Wildman–Crippen MR) is 112 cm³/mol. The van der Waals surface area contributed by atoms with Crippen LogP contribution in [0.3, 0.4) is 0 Å². The molecule has 0 fully saturated rings. The second-order valence-corrected chi connectivity index (χ2v) is 8.76. The summed E-state index contributed by atoms with van der Waals surface area (Å²) in [6, 6.07) is 12.6. The van der Waals surface area contributed by atoms with E-state index in [0.717, 1.165) is 21.9 Å². The van der Waals surface area contributed by atoms with E-state index in [2.05, 4.69) is 5.32 Å². The number of hydrogen-bond acceptors (Lipinski definition) is 4. The largest absolute Gasteiger partial charge is 0.497 e. The topological polar surface area (TPSA) is 75.7 Å². The summed E-state index contributed by atoms with van der Waals surface area (Å²) in [5, 5.41) is 3.30. The van der Waals surface area contributed by atoms with Crippen LogP contribution in [0.5, 0.6) is 5.75 Å². The zero-order valence-electron chi connectivity index (χ0n) is 16.3. The first kappa shape index (κ1) is 22.0. The van der Waals surface area contributed by atoms with Gasteiger partial charge in [0.05, 0.1) is 25.1 Å². The average Bonchev–Trinajstić information content (AvgIpc) is 2.64. The number of nitrogens with zero attached hydrogens (tertiary/aromatic N) is 1. The number of nitrogens with one attached hydrogen (secondary N) is 1. The number of carbonyl (C=O) groups is 1. The van der Waals surface area contributed by atoms with Crippen LogP contribution in [0.2, 0.25) is 5.02 Å². The lowest BCUT2D eigenvalue weighted by molar-refractivity contribution is -0.122. The van der Waals surface area contributed by atoms with Gasteiger partial charge in [-0.05, 0) is 49.2 Å². The van der Waals surface area contributed by atoms with E-state index < -0.39 is 16.1 Å². The minimum absolute atomic E-state index is 0.298. The van der Waals surface area contributed by atoms with E-state index >= 15 is 0 Å². The Kier molecular flexibility index (Phi) is 7.32. The molecule has 0 aliphatic rings. The summed E-state index contributed by atoms with van der Waals surface area (Å²) in [4.78, 5) is 13.0. The van der Waals surface area contributed by atoms with Gasteiger partial charge in [0.2, 0.25) is 15.9 Å². The number of carbonyl (C=O) groups excluding carboxylic acids is 1. The molecular formula is C20H25ClN2O4S. The van der Waals surface area contributed by atoms with Crippen molar-refractivity contribution in [2.45, 2.75) is 32.4 Å². The second kappa shape index (κ2) is 9.30. The zero-order chi connectivity index (χ0) is 20.9. The standard InChI is InChI=1S/C20H25ClN2O4S/c1-5-19(23(28(4,25)26)17-8-6-7-16(21)13-17)20(24)22-14(2)15-9-11-18(27-3)12-10-15/h6-14,19H,5H2,1-4H3,(H,22,24)/t14-,19-/m0/s1. The second-order valence-electron chi connectivity index (χ2n) is 6.47. The minimum Gasteiger partial charge on any atom is -0.497 e. The summed E-state index contributed by atoms with van der Waals surface area (Å²) < 4.78 is 31.2. The van der Waals surface area contributed by atoms with Crippen LogP contribution in [0.1, 0.15) is 31.9 Å². The van der Waals surface area contributed by atoms with Gasteiger partial charge < -0.3 is 10.1 Å². The van der Waals surface area contributed by atoms with E-state index in [0.29, 0.717) is 17.1 Å². The number of benzene rings is 2. The molecule has 152 valence electrons. The third-order valence-corrected chi connectivity index (χ3v) is 5.78. The van der Waals surface area contributed by atoms with Gasteiger partial charge in [-0.25, -0.2) is 8.42 Å².